The average Bonchev–Trinajstić information content (AvgIpc) is 2.96. The summed E-state index contributed by atoms with van der Waals surface area (Å²) in [6.45, 7) is 0. The molecule has 0 aliphatic rings. The van der Waals surface area contributed by atoms with Gasteiger partial charge in [0.05, 0.1) is 19.9 Å². The van der Waals surface area contributed by atoms with Gasteiger partial charge in [-0.1, -0.05) is 23.4 Å². The smallest absolute Gasteiger partial charge is 0.156 e. The topological polar surface area (TPSA) is 75.2 Å². The normalized spacial score (nSPS) is 10.5. The lowest BCUT2D eigenvalue weighted by molar-refractivity contribution is 0.395. The van der Waals surface area contributed by atoms with Gasteiger partial charge in [-0.05, 0) is 24.3 Å². The Morgan fingerprint density at radius 3 is 2.45 bits per heavy atom. The summed E-state index contributed by atoms with van der Waals surface area (Å²) in [7, 11) is 3.20. The van der Waals surface area contributed by atoms with Gasteiger partial charge in [0.25, 0.3) is 0 Å². The number of anilines is 1. The van der Waals surface area contributed by atoms with E-state index in [0.29, 0.717) is 23.0 Å². The van der Waals surface area contributed by atoms with Crippen molar-refractivity contribution in [3.05, 3.63) is 48.5 Å². The number of benzene rings is 2. The number of aromatic nitrogens is 3. The Morgan fingerprint density at radius 1 is 1.00 bits per heavy atom. The molecule has 0 atom stereocenters. The van der Waals surface area contributed by atoms with Crippen LogP contribution in [-0.4, -0.2) is 29.2 Å². The van der Waals surface area contributed by atoms with Crippen LogP contribution < -0.4 is 15.2 Å². The van der Waals surface area contributed by atoms with Gasteiger partial charge in [-0.3, -0.25) is 0 Å². The molecule has 22 heavy (non-hydrogen) atoms. The molecule has 6 heteroatoms. The van der Waals surface area contributed by atoms with Gasteiger partial charge in [0, 0.05) is 11.6 Å². The van der Waals surface area contributed by atoms with E-state index in [9.17, 15) is 0 Å². The Bertz CT molecular complexity index is 784. The van der Waals surface area contributed by atoms with Crippen LogP contribution >= 0.6 is 0 Å². The fraction of sp³-hybridized carbons (Fsp3) is 0.125. The summed E-state index contributed by atoms with van der Waals surface area (Å²) < 4.78 is 12.2. The number of para-hydroxylation sites is 1. The van der Waals surface area contributed by atoms with E-state index in [1.54, 1.807) is 25.0 Å². The molecule has 0 bridgehead atoms. The SMILES string of the molecule is COc1ccc(-c2nnn(-c3ccccc3)c2N)c(OC)c1. The number of ether oxygens (including phenoxy) is 2. The van der Waals surface area contributed by atoms with Crippen molar-refractivity contribution in [2.75, 3.05) is 20.0 Å². The molecule has 0 aliphatic heterocycles. The van der Waals surface area contributed by atoms with Crippen molar-refractivity contribution in [1.29, 1.82) is 0 Å². The molecule has 3 rings (SSSR count). The molecule has 0 aliphatic carbocycles. The molecule has 2 aromatic carbocycles. The second kappa shape index (κ2) is 5.77. The van der Waals surface area contributed by atoms with E-state index in [2.05, 4.69) is 10.3 Å². The lowest BCUT2D eigenvalue weighted by atomic mass is 10.1. The molecule has 0 unspecified atom stereocenters. The Labute approximate surface area is 128 Å². The Kier molecular flexibility index (Phi) is 3.65. The zero-order chi connectivity index (χ0) is 15.5. The van der Waals surface area contributed by atoms with Crippen LogP contribution in [0.4, 0.5) is 5.82 Å². The molecule has 1 aromatic heterocycles. The summed E-state index contributed by atoms with van der Waals surface area (Å²) >= 11 is 0. The van der Waals surface area contributed by atoms with Crippen molar-refractivity contribution in [3.8, 4) is 28.4 Å². The molecular weight excluding hydrogens is 280 g/mol. The lowest BCUT2D eigenvalue weighted by Crippen LogP contribution is -2.02. The second-order valence-corrected chi connectivity index (χ2v) is 4.64. The molecule has 1 heterocycles. The average molecular weight is 296 g/mol. The van der Waals surface area contributed by atoms with Crippen molar-refractivity contribution in [1.82, 2.24) is 15.0 Å². The first-order valence-corrected chi connectivity index (χ1v) is 6.73. The zero-order valence-electron chi connectivity index (χ0n) is 12.4. The Hall–Kier alpha value is -3.02. The van der Waals surface area contributed by atoms with Crippen LogP contribution in [0.3, 0.4) is 0 Å². The van der Waals surface area contributed by atoms with Crippen LogP contribution in [0.1, 0.15) is 0 Å². The summed E-state index contributed by atoms with van der Waals surface area (Å²) in [5.74, 6) is 1.79. The maximum atomic E-state index is 6.21. The highest BCUT2D eigenvalue weighted by Gasteiger charge is 2.17. The van der Waals surface area contributed by atoms with Gasteiger partial charge in [-0.25, -0.2) is 0 Å². The van der Waals surface area contributed by atoms with Crippen LogP contribution in [0.15, 0.2) is 48.5 Å². The van der Waals surface area contributed by atoms with Crippen molar-refractivity contribution in [3.63, 3.8) is 0 Å². The van der Waals surface area contributed by atoms with E-state index in [0.717, 1.165) is 11.3 Å². The number of hydrogen-bond acceptors (Lipinski definition) is 5. The highest BCUT2D eigenvalue weighted by molar-refractivity contribution is 5.76. The lowest BCUT2D eigenvalue weighted by Gasteiger charge is -2.09. The van der Waals surface area contributed by atoms with Gasteiger partial charge in [0.1, 0.15) is 17.2 Å². The molecule has 0 amide bonds. The summed E-state index contributed by atoms with van der Waals surface area (Å²) in [5.41, 5.74) is 8.40. The number of hydrogen-bond donors (Lipinski definition) is 1. The van der Waals surface area contributed by atoms with E-state index >= 15 is 0 Å². The first-order valence-electron chi connectivity index (χ1n) is 6.73. The van der Waals surface area contributed by atoms with Gasteiger partial charge < -0.3 is 15.2 Å². The van der Waals surface area contributed by atoms with Crippen LogP contribution in [0.5, 0.6) is 11.5 Å². The minimum Gasteiger partial charge on any atom is -0.497 e. The van der Waals surface area contributed by atoms with E-state index in [4.69, 9.17) is 15.2 Å². The molecule has 6 nitrogen and oxygen atoms in total. The van der Waals surface area contributed by atoms with E-state index in [-0.39, 0.29) is 0 Å². The summed E-state index contributed by atoms with van der Waals surface area (Å²) in [4.78, 5) is 0. The number of methoxy groups -OCH3 is 2. The highest BCUT2D eigenvalue weighted by atomic mass is 16.5. The van der Waals surface area contributed by atoms with Gasteiger partial charge >= 0.3 is 0 Å². The minimum atomic E-state index is 0.453. The zero-order valence-corrected chi connectivity index (χ0v) is 12.4. The van der Waals surface area contributed by atoms with Crippen molar-refractivity contribution < 1.29 is 9.47 Å². The monoisotopic (exact) mass is 296 g/mol. The molecule has 2 N–H and O–H groups in total. The maximum absolute atomic E-state index is 6.21. The molecular formula is C16H16N4O2. The Balaban J connectivity index is 2.09. The molecule has 3 aromatic rings. The van der Waals surface area contributed by atoms with Crippen LogP contribution in [0, 0.1) is 0 Å². The van der Waals surface area contributed by atoms with Crippen LogP contribution in [-0.2, 0) is 0 Å². The molecule has 0 spiro atoms. The largest absolute Gasteiger partial charge is 0.497 e. The second-order valence-electron chi connectivity index (χ2n) is 4.64. The number of nitrogens with two attached hydrogens (primary N) is 1. The number of nitrogen functional groups attached to an aromatic ring is 1. The molecule has 0 saturated heterocycles. The highest BCUT2D eigenvalue weighted by Crippen LogP contribution is 2.35. The van der Waals surface area contributed by atoms with Crippen LogP contribution in [0.2, 0.25) is 0 Å². The van der Waals surface area contributed by atoms with Gasteiger partial charge in [-0.2, -0.15) is 4.68 Å². The minimum absolute atomic E-state index is 0.453. The first kappa shape index (κ1) is 13.9. The third-order valence-corrected chi connectivity index (χ3v) is 3.37. The standard InChI is InChI=1S/C16H16N4O2/c1-21-12-8-9-13(14(10-12)22-2)15-16(17)20(19-18-15)11-6-4-3-5-7-11/h3-10H,17H2,1-2H3. The van der Waals surface area contributed by atoms with Crippen molar-refractivity contribution >= 4 is 5.82 Å². The van der Waals surface area contributed by atoms with Gasteiger partial charge in [0.2, 0.25) is 0 Å². The van der Waals surface area contributed by atoms with Gasteiger partial charge in [0.15, 0.2) is 5.82 Å². The molecule has 0 radical (unpaired) electrons. The summed E-state index contributed by atoms with van der Waals surface area (Å²) in [6.07, 6.45) is 0. The van der Waals surface area contributed by atoms with Gasteiger partial charge in [-0.15, -0.1) is 5.10 Å². The van der Waals surface area contributed by atoms with Crippen LogP contribution in [0.25, 0.3) is 16.9 Å². The summed E-state index contributed by atoms with van der Waals surface area (Å²) in [5, 5.41) is 8.33. The van der Waals surface area contributed by atoms with Crippen molar-refractivity contribution in [2.24, 2.45) is 0 Å². The third kappa shape index (κ3) is 2.35. The fourth-order valence-corrected chi connectivity index (χ4v) is 2.24. The van der Waals surface area contributed by atoms with E-state index < -0.39 is 0 Å². The molecule has 112 valence electrons. The third-order valence-electron chi connectivity index (χ3n) is 3.37. The summed E-state index contributed by atoms with van der Waals surface area (Å²) in [6, 6.07) is 15.1. The van der Waals surface area contributed by atoms with Crippen molar-refractivity contribution in [2.45, 2.75) is 0 Å². The quantitative estimate of drug-likeness (QED) is 0.800. The van der Waals surface area contributed by atoms with E-state index in [1.165, 1.54) is 0 Å². The molecule has 0 saturated carbocycles. The first-order chi connectivity index (χ1) is 10.7. The number of nitrogens with zero attached hydrogens (tertiary/aromatic N) is 3. The predicted molar refractivity (Wildman–Crippen MR) is 84.3 cm³/mol. The maximum Gasteiger partial charge on any atom is 0.156 e. The van der Waals surface area contributed by atoms with E-state index in [1.807, 2.05) is 42.5 Å². The predicted octanol–water partition coefficient (Wildman–Crippen LogP) is 2.53. The fourth-order valence-electron chi connectivity index (χ4n) is 2.24. The molecule has 0 fully saturated rings. The number of rotatable bonds is 4. The Morgan fingerprint density at radius 2 is 1.77 bits per heavy atom.